The Kier molecular flexibility index (Phi) is 4.70. The lowest BCUT2D eigenvalue weighted by molar-refractivity contribution is 0.0558. The molecule has 0 saturated heterocycles. The number of anilines is 1. The highest BCUT2D eigenvalue weighted by molar-refractivity contribution is 6.32. The van der Waals surface area contributed by atoms with Gasteiger partial charge in [-0.25, -0.2) is 0 Å². The van der Waals surface area contributed by atoms with E-state index in [9.17, 15) is 14.7 Å². The summed E-state index contributed by atoms with van der Waals surface area (Å²) >= 11 is 5.95. The van der Waals surface area contributed by atoms with E-state index in [4.69, 9.17) is 16.9 Å². The second kappa shape index (κ2) is 6.93. The summed E-state index contributed by atoms with van der Waals surface area (Å²) < 4.78 is 0. The Balaban J connectivity index is 1.61. The first-order valence-corrected chi connectivity index (χ1v) is 7.96. The van der Waals surface area contributed by atoms with Gasteiger partial charge in [-0.1, -0.05) is 23.7 Å². The van der Waals surface area contributed by atoms with Crippen molar-refractivity contribution in [3.8, 4) is 6.07 Å². The minimum absolute atomic E-state index is 0.108. The SMILES string of the molecule is N#Cc1ccc(NC[C@@H](O)CN2C(=O)c3ccccc3C2=O)cc1Cl. The number of fused-ring (bicyclic) bond motifs is 1. The molecular formula is C18H14ClN3O3. The molecule has 1 aliphatic rings. The molecule has 6 nitrogen and oxygen atoms in total. The zero-order chi connectivity index (χ0) is 18.0. The van der Waals surface area contributed by atoms with E-state index in [0.717, 1.165) is 4.90 Å². The van der Waals surface area contributed by atoms with E-state index in [1.807, 2.05) is 6.07 Å². The first kappa shape index (κ1) is 17.0. The second-order valence-electron chi connectivity index (χ2n) is 5.61. The number of imide groups is 1. The third-order valence-electron chi connectivity index (χ3n) is 3.90. The first-order valence-electron chi connectivity index (χ1n) is 7.58. The van der Waals surface area contributed by atoms with Crippen molar-refractivity contribution in [2.75, 3.05) is 18.4 Å². The summed E-state index contributed by atoms with van der Waals surface area (Å²) in [6.07, 6.45) is -0.948. The number of halogens is 1. The van der Waals surface area contributed by atoms with Crippen molar-refractivity contribution in [1.82, 2.24) is 4.90 Å². The Labute approximate surface area is 149 Å². The molecule has 7 heteroatoms. The molecule has 0 aromatic heterocycles. The molecule has 0 spiro atoms. The quantitative estimate of drug-likeness (QED) is 0.802. The van der Waals surface area contributed by atoms with Crippen LogP contribution in [0.25, 0.3) is 0 Å². The van der Waals surface area contributed by atoms with Gasteiger partial charge >= 0.3 is 0 Å². The highest BCUT2D eigenvalue weighted by atomic mass is 35.5. The van der Waals surface area contributed by atoms with Crippen molar-refractivity contribution in [2.24, 2.45) is 0 Å². The lowest BCUT2D eigenvalue weighted by atomic mass is 10.1. The predicted octanol–water partition coefficient (Wildman–Crippen LogP) is 2.28. The number of aliphatic hydroxyl groups excluding tert-OH is 1. The van der Waals surface area contributed by atoms with Gasteiger partial charge in [-0.3, -0.25) is 14.5 Å². The smallest absolute Gasteiger partial charge is 0.261 e. The molecule has 25 heavy (non-hydrogen) atoms. The van der Waals surface area contributed by atoms with E-state index in [-0.39, 0.29) is 13.1 Å². The Bertz CT molecular complexity index is 856. The van der Waals surface area contributed by atoms with Crippen LogP contribution in [0.1, 0.15) is 26.3 Å². The van der Waals surface area contributed by atoms with Gasteiger partial charge in [0.15, 0.2) is 0 Å². The van der Waals surface area contributed by atoms with Crippen LogP contribution in [-0.4, -0.2) is 41.0 Å². The minimum Gasteiger partial charge on any atom is -0.389 e. The summed E-state index contributed by atoms with van der Waals surface area (Å²) in [6, 6.07) is 13.4. The average molecular weight is 356 g/mol. The van der Waals surface area contributed by atoms with Crippen molar-refractivity contribution in [1.29, 1.82) is 5.26 Å². The first-order chi connectivity index (χ1) is 12.0. The van der Waals surface area contributed by atoms with Crippen LogP contribution in [0.3, 0.4) is 0 Å². The Morgan fingerprint density at radius 1 is 1.16 bits per heavy atom. The number of rotatable bonds is 5. The van der Waals surface area contributed by atoms with E-state index in [0.29, 0.717) is 27.4 Å². The molecule has 0 bridgehead atoms. The van der Waals surface area contributed by atoms with E-state index >= 15 is 0 Å². The van der Waals surface area contributed by atoms with Crippen molar-refractivity contribution in [3.63, 3.8) is 0 Å². The molecule has 3 rings (SSSR count). The van der Waals surface area contributed by atoms with E-state index in [1.165, 1.54) is 0 Å². The fraction of sp³-hybridized carbons (Fsp3) is 0.167. The molecule has 2 aromatic rings. The summed E-state index contributed by atoms with van der Waals surface area (Å²) in [5.41, 5.74) is 1.70. The number of benzene rings is 2. The molecule has 1 aliphatic heterocycles. The topological polar surface area (TPSA) is 93.4 Å². The number of nitriles is 1. The molecule has 1 atom stereocenters. The summed E-state index contributed by atoms with van der Waals surface area (Å²) in [6.45, 7) is 0.0129. The molecule has 0 fully saturated rings. The van der Waals surface area contributed by atoms with E-state index in [1.54, 1.807) is 42.5 Å². The molecule has 1 heterocycles. The maximum Gasteiger partial charge on any atom is 0.261 e. The molecule has 2 amide bonds. The van der Waals surface area contributed by atoms with Crippen LogP contribution in [0.15, 0.2) is 42.5 Å². The van der Waals surface area contributed by atoms with E-state index in [2.05, 4.69) is 5.32 Å². The number of nitrogens with zero attached hydrogens (tertiary/aromatic N) is 2. The van der Waals surface area contributed by atoms with Gasteiger partial charge in [0.2, 0.25) is 0 Å². The lowest BCUT2D eigenvalue weighted by Crippen LogP contribution is -2.39. The van der Waals surface area contributed by atoms with Gasteiger partial charge in [-0.2, -0.15) is 5.26 Å². The Hall–Kier alpha value is -2.88. The Morgan fingerprint density at radius 3 is 2.36 bits per heavy atom. The molecule has 126 valence electrons. The van der Waals surface area contributed by atoms with Gasteiger partial charge in [0.1, 0.15) is 6.07 Å². The number of hydrogen-bond acceptors (Lipinski definition) is 5. The fourth-order valence-corrected chi connectivity index (χ4v) is 2.85. The third-order valence-corrected chi connectivity index (χ3v) is 4.22. The average Bonchev–Trinajstić information content (AvgIpc) is 2.85. The number of carbonyl (C=O) groups excluding carboxylic acids is 2. The molecule has 0 unspecified atom stereocenters. The van der Waals surface area contributed by atoms with Crippen LogP contribution in [-0.2, 0) is 0 Å². The minimum atomic E-state index is -0.948. The van der Waals surface area contributed by atoms with Crippen molar-refractivity contribution in [2.45, 2.75) is 6.10 Å². The molecule has 0 radical (unpaired) electrons. The monoisotopic (exact) mass is 355 g/mol. The van der Waals surface area contributed by atoms with Gasteiger partial charge in [-0.15, -0.1) is 0 Å². The third kappa shape index (κ3) is 3.33. The number of amides is 2. The number of carbonyl (C=O) groups is 2. The van der Waals surface area contributed by atoms with Crippen molar-refractivity contribution in [3.05, 3.63) is 64.2 Å². The summed E-state index contributed by atoms with van der Waals surface area (Å²) in [5.74, 6) is -0.804. The molecule has 2 aromatic carbocycles. The zero-order valence-electron chi connectivity index (χ0n) is 13.1. The largest absolute Gasteiger partial charge is 0.389 e. The maximum absolute atomic E-state index is 12.3. The van der Waals surface area contributed by atoms with E-state index < -0.39 is 17.9 Å². The molecule has 0 saturated carbocycles. The summed E-state index contributed by atoms with van der Waals surface area (Å²) in [4.78, 5) is 25.6. The predicted molar refractivity (Wildman–Crippen MR) is 92.5 cm³/mol. The number of hydrogen-bond donors (Lipinski definition) is 2. The molecular weight excluding hydrogens is 342 g/mol. The van der Waals surface area contributed by atoms with Gasteiger partial charge in [0.25, 0.3) is 11.8 Å². The van der Waals surface area contributed by atoms with Gasteiger partial charge in [0, 0.05) is 12.2 Å². The molecule has 0 aliphatic carbocycles. The van der Waals surface area contributed by atoms with Gasteiger partial charge < -0.3 is 10.4 Å². The summed E-state index contributed by atoms with van der Waals surface area (Å²) in [7, 11) is 0. The van der Waals surface area contributed by atoms with Crippen LogP contribution >= 0.6 is 11.6 Å². The standard InChI is InChI=1S/C18H14ClN3O3/c19-16-7-12(6-5-11(16)8-20)21-9-13(23)10-22-17(24)14-3-1-2-4-15(14)18(22)25/h1-7,13,21,23H,9-10H2/t13-/m1/s1. The zero-order valence-corrected chi connectivity index (χ0v) is 13.8. The van der Waals surface area contributed by atoms with Crippen molar-refractivity contribution < 1.29 is 14.7 Å². The highest BCUT2D eigenvalue weighted by Crippen LogP contribution is 2.23. The lowest BCUT2D eigenvalue weighted by Gasteiger charge is -2.19. The van der Waals surface area contributed by atoms with Crippen LogP contribution < -0.4 is 5.32 Å². The maximum atomic E-state index is 12.3. The van der Waals surface area contributed by atoms with Gasteiger partial charge in [-0.05, 0) is 30.3 Å². The highest BCUT2D eigenvalue weighted by Gasteiger charge is 2.35. The van der Waals surface area contributed by atoms with Crippen LogP contribution in [0.4, 0.5) is 5.69 Å². The molecule has 2 N–H and O–H groups in total. The van der Waals surface area contributed by atoms with Crippen LogP contribution in [0, 0.1) is 11.3 Å². The van der Waals surface area contributed by atoms with Gasteiger partial charge in [0.05, 0.1) is 34.4 Å². The number of aliphatic hydroxyl groups is 1. The normalized spacial score (nSPS) is 14.2. The Morgan fingerprint density at radius 2 is 1.80 bits per heavy atom. The fourth-order valence-electron chi connectivity index (χ4n) is 2.63. The number of β-amino-alcohol motifs (C(OH)–C–C–N with tert-alkyl or cyclic N) is 1. The van der Waals surface area contributed by atoms with Crippen LogP contribution in [0.5, 0.6) is 0 Å². The van der Waals surface area contributed by atoms with Crippen molar-refractivity contribution >= 4 is 29.1 Å². The van der Waals surface area contributed by atoms with Crippen LogP contribution in [0.2, 0.25) is 5.02 Å². The number of nitrogens with one attached hydrogen (secondary N) is 1. The summed E-state index contributed by atoms with van der Waals surface area (Å²) in [5, 5.41) is 22.3. The second-order valence-corrected chi connectivity index (χ2v) is 6.01.